The van der Waals surface area contributed by atoms with Crippen molar-refractivity contribution in [3.05, 3.63) is 0 Å². The van der Waals surface area contributed by atoms with Crippen molar-refractivity contribution in [2.24, 2.45) is 0 Å². The van der Waals surface area contributed by atoms with E-state index in [1.165, 1.54) is 19.4 Å². The molecule has 0 aliphatic carbocycles. The highest BCUT2D eigenvalue weighted by Crippen LogP contribution is 2.18. The Bertz CT molecular complexity index is 115. The second-order valence-corrected chi connectivity index (χ2v) is 3.86. The van der Waals surface area contributed by atoms with E-state index in [0.717, 1.165) is 6.54 Å². The van der Waals surface area contributed by atoms with Crippen LogP contribution in [0.5, 0.6) is 0 Å². The molecule has 1 heterocycles. The van der Waals surface area contributed by atoms with Gasteiger partial charge < -0.3 is 10.6 Å². The number of nitrogens with one attached hydrogen (secondary N) is 2. The molecule has 2 N–H and O–H groups in total. The SMILES string of the molecule is CCC1(NC(C)C)CCNC1. The number of hydrogen-bond acceptors (Lipinski definition) is 2. The predicted molar refractivity (Wildman–Crippen MR) is 48.8 cm³/mol. The predicted octanol–water partition coefficient (Wildman–Crippen LogP) is 1.13. The Balaban J connectivity index is 2.45. The fraction of sp³-hybridized carbons (Fsp3) is 1.00. The molecule has 0 aromatic rings. The first-order valence-electron chi connectivity index (χ1n) is 4.67. The lowest BCUT2D eigenvalue weighted by Gasteiger charge is -2.30. The fourth-order valence-corrected chi connectivity index (χ4v) is 1.88. The molecule has 1 rings (SSSR count). The van der Waals surface area contributed by atoms with Crippen LogP contribution in [0.1, 0.15) is 33.6 Å². The van der Waals surface area contributed by atoms with Gasteiger partial charge in [-0.1, -0.05) is 20.8 Å². The maximum absolute atomic E-state index is 3.64. The third kappa shape index (κ3) is 2.17. The molecule has 0 spiro atoms. The van der Waals surface area contributed by atoms with E-state index in [4.69, 9.17) is 0 Å². The molecule has 1 fully saturated rings. The Hall–Kier alpha value is -0.0800. The van der Waals surface area contributed by atoms with Gasteiger partial charge in [-0.2, -0.15) is 0 Å². The zero-order chi connectivity index (χ0) is 8.32. The van der Waals surface area contributed by atoms with E-state index in [0.29, 0.717) is 11.6 Å². The molecule has 0 aromatic carbocycles. The highest BCUT2D eigenvalue weighted by Gasteiger charge is 2.31. The van der Waals surface area contributed by atoms with E-state index in [9.17, 15) is 0 Å². The third-order valence-electron chi connectivity index (χ3n) is 2.52. The van der Waals surface area contributed by atoms with Gasteiger partial charge in [-0.05, 0) is 19.4 Å². The van der Waals surface area contributed by atoms with E-state index < -0.39 is 0 Å². The quantitative estimate of drug-likeness (QED) is 0.640. The van der Waals surface area contributed by atoms with Gasteiger partial charge in [-0.15, -0.1) is 0 Å². The maximum Gasteiger partial charge on any atom is 0.0317 e. The smallest absolute Gasteiger partial charge is 0.0317 e. The first-order chi connectivity index (χ1) is 5.18. The van der Waals surface area contributed by atoms with Crippen molar-refractivity contribution >= 4 is 0 Å². The molecule has 1 unspecified atom stereocenters. The van der Waals surface area contributed by atoms with Crippen molar-refractivity contribution < 1.29 is 0 Å². The van der Waals surface area contributed by atoms with Crippen LogP contribution in [-0.2, 0) is 0 Å². The molecular weight excluding hydrogens is 136 g/mol. The summed E-state index contributed by atoms with van der Waals surface area (Å²) in [5.41, 5.74) is 0.397. The van der Waals surface area contributed by atoms with Crippen molar-refractivity contribution in [1.29, 1.82) is 0 Å². The molecule has 1 saturated heterocycles. The van der Waals surface area contributed by atoms with Crippen molar-refractivity contribution in [3.63, 3.8) is 0 Å². The standard InChI is InChI=1S/C9H20N2/c1-4-9(11-8(2)3)5-6-10-7-9/h8,10-11H,4-7H2,1-3H3. The average molecular weight is 156 g/mol. The fourth-order valence-electron chi connectivity index (χ4n) is 1.88. The second kappa shape index (κ2) is 3.55. The van der Waals surface area contributed by atoms with Gasteiger partial charge in [0.15, 0.2) is 0 Å². The molecule has 0 bridgehead atoms. The lowest BCUT2D eigenvalue weighted by Crippen LogP contribution is -2.49. The van der Waals surface area contributed by atoms with Gasteiger partial charge in [0.25, 0.3) is 0 Å². The summed E-state index contributed by atoms with van der Waals surface area (Å²) in [5.74, 6) is 0. The van der Waals surface area contributed by atoms with E-state index in [-0.39, 0.29) is 0 Å². The monoisotopic (exact) mass is 156 g/mol. The van der Waals surface area contributed by atoms with Crippen molar-refractivity contribution in [3.8, 4) is 0 Å². The minimum Gasteiger partial charge on any atom is -0.315 e. The highest BCUT2D eigenvalue weighted by molar-refractivity contribution is 4.95. The van der Waals surface area contributed by atoms with Crippen LogP contribution in [0.4, 0.5) is 0 Å². The summed E-state index contributed by atoms with van der Waals surface area (Å²) in [4.78, 5) is 0. The molecule has 1 aliphatic heterocycles. The minimum absolute atomic E-state index is 0.397. The molecule has 11 heavy (non-hydrogen) atoms. The number of hydrogen-bond donors (Lipinski definition) is 2. The maximum atomic E-state index is 3.64. The average Bonchev–Trinajstić information content (AvgIpc) is 2.36. The van der Waals surface area contributed by atoms with Crippen LogP contribution in [0.25, 0.3) is 0 Å². The number of rotatable bonds is 3. The summed E-state index contributed by atoms with van der Waals surface area (Å²) in [6, 6.07) is 0.606. The Labute approximate surface area is 69.8 Å². The van der Waals surface area contributed by atoms with Gasteiger partial charge in [0, 0.05) is 18.1 Å². The molecule has 0 amide bonds. The Morgan fingerprint density at radius 1 is 1.55 bits per heavy atom. The van der Waals surface area contributed by atoms with E-state index in [1.807, 2.05) is 0 Å². The summed E-state index contributed by atoms with van der Waals surface area (Å²) in [7, 11) is 0. The van der Waals surface area contributed by atoms with Crippen LogP contribution in [0.3, 0.4) is 0 Å². The van der Waals surface area contributed by atoms with Crippen LogP contribution >= 0.6 is 0 Å². The molecule has 1 aliphatic rings. The lowest BCUT2D eigenvalue weighted by molar-refractivity contribution is 0.314. The molecule has 1 atom stereocenters. The summed E-state index contributed by atoms with van der Waals surface area (Å²) in [5, 5.41) is 7.05. The highest BCUT2D eigenvalue weighted by atomic mass is 15.1. The molecule has 0 saturated carbocycles. The van der Waals surface area contributed by atoms with Gasteiger partial charge in [0.1, 0.15) is 0 Å². The molecule has 2 heteroatoms. The summed E-state index contributed by atoms with van der Waals surface area (Å²) >= 11 is 0. The van der Waals surface area contributed by atoms with Crippen molar-refractivity contribution in [2.45, 2.75) is 45.2 Å². The molecule has 66 valence electrons. The second-order valence-electron chi connectivity index (χ2n) is 3.86. The molecule has 0 aromatic heterocycles. The zero-order valence-electron chi connectivity index (χ0n) is 7.91. The largest absolute Gasteiger partial charge is 0.315 e. The summed E-state index contributed by atoms with van der Waals surface area (Å²) < 4.78 is 0. The van der Waals surface area contributed by atoms with Crippen LogP contribution in [-0.4, -0.2) is 24.7 Å². The minimum atomic E-state index is 0.397. The van der Waals surface area contributed by atoms with Gasteiger partial charge >= 0.3 is 0 Å². The zero-order valence-corrected chi connectivity index (χ0v) is 7.91. The first kappa shape index (κ1) is 9.01. The third-order valence-corrected chi connectivity index (χ3v) is 2.52. The van der Waals surface area contributed by atoms with E-state index in [1.54, 1.807) is 0 Å². The van der Waals surface area contributed by atoms with Crippen LogP contribution in [0, 0.1) is 0 Å². The van der Waals surface area contributed by atoms with Crippen LogP contribution in [0.15, 0.2) is 0 Å². The Morgan fingerprint density at radius 2 is 2.27 bits per heavy atom. The van der Waals surface area contributed by atoms with Gasteiger partial charge in [-0.3, -0.25) is 0 Å². The topological polar surface area (TPSA) is 24.1 Å². The molecular formula is C9H20N2. The van der Waals surface area contributed by atoms with Crippen LogP contribution in [0.2, 0.25) is 0 Å². The van der Waals surface area contributed by atoms with Gasteiger partial charge in [0.2, 0.25) is 0 Å². The first-order valence-corrected chi connectivity index (χ1v) is 4.67. The summed E-state index contributed by atoms with van der Waals surface area (Å²) in [6.45, 7) is 9.02. The van der Waals surface area contributed by atoms with E-state index in [2.05, 4.69) is 31.4 Å². The van der Waals surface area contributed by atoms with E-state index >= 15 is 0 Å². The van der Waals surface area contributed by atoms with Crippen LogP contribution < -0.4 is 10.6 Å². The lowest BCUT2D eigenvalue weighted by atomic mass is 9.94. The normalized spacial score (nSPS) is 31.6. The van der Waals surface area contributed by atoms with Crippen molar-refractivity contribution in [1.82, 2.24) is 10.6 Å². The Morgan fingerprint density at radius 3 is 2.64 bits per heavy atom. The Kier molecular flexibility index (Phi) is 2.90. The molecule has 2 nitrogen and oxygen atoms in total. The van der Waals surface area contributed by atoms with Crippen molar-refractivity contribution in [2.75, 3.05) is 13.1 Å². The molecule has 0 radical (unpaired) electrons. The van der Waals surface area contributed by atoms with Gasteiger partial charge in [-0.25, -0.2) is 0 Å². The van der Waals surface area contributed by atoms with Gasteiger partial charge in [0.05, 0.1) is 0 Å². The summed E-state index contributed by atoms with van der Waals surface area (Å²) in [6.07, 6.45) is 2.51.